The van der Waals surface area contributed by atoms with Gasteiger partial charge in [0.15, 0.2) is 0 Å². The normalized spacial score (nSPS) is 16.4. The van der Waals surface area contributed by atoms with E-state index in [1.807, 2.05) is 16.3 Å². The van der Waals surface area contributed by atoms with Crippen molar-refractivity contribution in [2.24, 2.45) is 5.73 Å². The van der Waals surface area contributed by atoms with Crippen molar-refractivity contribution in [2.45, 2.75) is 38.1 Å². The summed E-state index contributed by atoms with van der Waals surface area (Å²) >= 11 is 8.07. The number of ether oxygens (including phenoxy) is 1. The smallest absolute Gasteiger partial charge is 0.328 e. The number of benzene rings is 1. The van der Waals surface area contributed by atoms with Gasteiger partial charge >= 0.3 is 11.9 Å². The zero-order valence-electron chi connectivity index (χ0n) is 15.6. The average Bonchev–Trinajstić information content (AvgIpc) is 3.10. The summed E-state index contributed by atoms with van der Waals surface area (Å²) < 4.78 is 5.43. The van der Waals surface area contributed by atoms with E-state index >= 15 is 0 Å². The van der Waals surface area contributed by atoms with Crippen molar-refractivity contribution < 1.29 is 19.4 Å². The first-order valence-corrected chi connectivity index (χ1v) is 9.87. The van der Waals surface area contributed by atoms with E-state index in [0.29, 0.717) is 23.7 Å². The summed E-state index contributed by atoms with van der Waals surface area (Å²) in [6.45, 7) is 2.76. The predicted octanol–water partition coefficient (Wildman–Crippen LogP) is 3.69. The van der Waals surface area contributed by atoms with Gasteiger partial charge in [0.1, 0.15) is 18.2 Å². The quantitative estimate of drug-likeness (QED) is 0.611. The Bertz CT molecular complexity index is 848. The number of rotatable bonds is 6. The predicted molar refractivity (Wildman–Crippen MR) is 118 cm³/mol. The Hall–Kier alpha value is -1.35. The van der Waals surface area contributed by atoms with E-state index in [2.05, 4.69) is 6.07 Å². The molecule has 1 aromatic heterocycles. The molecule has 0 saturated heterocycles. The molecule has 1 aromatic carbocycles. The Morgan fingerprint density at radius 1 is 1.28 bits per heavy atom. The molecule has 0 fully saturated rings. The third kappa shape index (κ3) is 5.84. The van der Waals surface area contributed by atoms with E-state index < -0.39 is 30.1 Å². The van der Waals surface area contributed by atoms with Gasteiger partial charge in [0.05, 0.1) is 0 Å². The van der Waals surface area contributed by atoms with Crippen molar-refractivity contribution in [3.63, 3.8) is 0 Å². The maximum absolute atomic E-state index is 13.0. The monoisotopic (exact) mass is 480 g/mol. The summed E-state index contributed by atoms with van der Waals surface area (Å²) in [6.07, 6.45) is -0.118. The first-order valence-electron chi connectivity index (χ1n) is 8.61. The molecule has 0 bridgehead atoms. The molecule has 6 nitrogen and oxygen atoms in total. The molecule has 160 valence electrons. The molecule has 0 spiro atoms. The van der Waals surface area contributed by atoms with Crippen LogP contribution in [0.15, 0.2) is 35.7 Å². The summed E-state index contributed by atoms with van der Waals surface area (Å²) in [7, 11) is 0. The van der Waals surface area contributed by atoms with Crippen LogP contribution in [0.4, 0.5) is 0 Å². The summed E-state index contributed by atoms with van der Waals surface area (Å²) in [5, 5.41) is 11.6. The lowest BCUT2D eigenvalue weighted by molar-refractivity contribution is -0.159. The molecule has 2 heterocycles. The minimum absolute atomic E-state index is 0. The third-order valence-electron chi connectivity index (χ3n) is 4.72. The van der Waals surface area contributed by atoms with Gasteiger partial charge in [0.2, 0.25) is 0 Å². The Morgan fingerprint density at radius 2 is 1.97 bits per heavy atom. The number of aliphatic carboxylic acids is 1. The standard InChI is InChI=1S/C19H21ClN2O4S.2ClH/c1-11(16(21)18(23)24)26-19(25)17(13-4-2-3-5-14(13)20)22-8-6-15-12(10-22)7-9-27-15;;/h2-5,7,9,11,16-17H,6,8,10,21H2,1H3,(H,23,24);2*1H/t11-,16+,17+;;/m1../s1. The highest BCUT2D eigenvalue weighted by Crippen LogP contribution is 2.34. The van der Waals surface area contributed by atoms with Crippen molar-refractivity contribution >= 4 is 59.7 Å². The van der Waals surface area contributed by atoms with Crippen LogP contribution in [0.3, 0.4) is 0 Å². The molecular weight excluding hydrogens is 459 g/mol. The number of carbonyl (C=O) groups excluding carboxylic acids is 1. The zero-order valence-corrected chi connectivity index (χ0v) is 18.8. The van der Waals surface area contributed by atoms with Crippen LogP contribution in [-0.2, 0) is 27.3 Å². The number of hydrogen-bond donors (Lipinski definition) is 2. The van der Waals surface area contributed by atoms with E-state index in [0.717, 1.165) is 6.42 Å². The molecule has 1 aliphatic rings. The lowest BCUT2D eigenvalue weighted by atomic mass is 10.0. The molecule has 29 heavy (non-hydrogen) atoms. The molecule has 3 atom stereocenters. The van der Waals surface area contributed by atoms with Gasteiger partial charge in [-0.25, -0.2) is 4.79 Å². The van der Waals surface area contributed by atoms with Gasteiger partial charge in [-0.3, -0.25) is 9.69 Å². The Morgan fingerprint density at radius 3 is 2.62 bits per heavy atom. The fraction of sp³-hybridized carbons (Fsp3) is 0.368. The maximum Gasteiger partial charge on any atom is 0.328 e. The first-order chi connectivity index (χ1) is 12.9. The van der Waals surface area contributed by atoms with E-state index in [-0.39, 0.29) is 24.8 Å². The topological polar surface area (TPSA) is 92.9 Å². The van der Waals surface area contributed by atoms with Gasteiger partial charge in [-0.2, -0.15) is 0 Å². The molecule has 3 N–H and O–H groups in total. The lowest BCUT2D eigenvalue weighted by Gasteiger charge is -2.34. The number of carbonyl (C=O) groups is 2. The van der Waals surface area contributed by atoms with Crippen molar-refractivity contribution in [1.29, 1.82) is 0 Å². The summed E-state index contributed by atoms with van der Waals surface area (Å²) in [4.78, 5) is 27.4. The van der Waals surface area contributed by atoms with Crippen LogP contribution in [0.1, 0.15) is 29.0 Å². The minimum Gasteiger partial charge on any atom is -0.480 e. The zero-order chi connectivity index (χ0) is 19.6. The molecule has 2 aromatic rings. The number of halogens is 3. The Balaban J connectivity index is 0.00000210. The third-order valence-corrected chi connectivity index (χ3v) is 6.09. The number of carboxylic acids is 1. The number of nitrogens with two attached hydrogens (primary N) is 1. The van der Waals surface area contributed by atoms with Crippen molar-refractivity contribution in [3.8, 4) is 0 Å². The number of esters is 1. The second kappa shape index (κ2) is 11.2. The van der Waals surface area contributed by atoms with Crippen molar-refractivity contribution in [3.05, 3.63) is 56.7 Å². The van der Waals surface area contributed by atoms with Gasteiger partial charge in [0, 0.05) is 23.0 Å². The number of thiophene rings is 1. The Labute approximate surface area is 190 Å². The average molecular weight is 482 g/mol. The summed E-state index contributed by atoms with van der Waals surface area (Å²) in [5.41, 5.74) is 7.41. The largest absolute Gasteiger partial charge is 0.480 e. The highest BCUT2D eigenvalue weighted by Gasteiger charge is 2.35. The van der Waals surface area contributed by atoms with Gasteiger partial charge in [0.25, 0.3) is 0 Å². The van der Waals surface area contributed by atoms with Crippen molar-refractivity contribution in [1.82, 2.24) is 4.90 Å². The van der Waals surface area contributed by atoms with E-state index in [9.17, 15) is 9.59 Å². The molecule has 0 radical (unpaired) electrons. The van der Waals surface area contributed by atoms with Gasteiger partial charge in [-0.05, 0) is 42.0 Å². The summed E-state index contributed by atoms with van der Waals surface area (Å²) in [6, 6.07) is 7.17. The van der Waals surface area contributed by atoms with E-state index in [1.54, 1.807) is 29.5 Å². The van der Waals surface area contributed by atoms with Crippen LogP contribution in [0.25, 0.3) is 0 Å². The summed E-state index contributed by atoms with van der Waals surface area (Å²) in [5.74, 6) is -1.77. The highest BCUT2D eigenvalue weighted by atomic mass is 35.5. The van der Waals surface area contributed by atoms with Crippen LogP contribution >= 0.6 is 47.8 Å². The molecule has 10 heteroatoms. The van der Waals surface area contributed by atoms with Crippen LogP contribution < -0.4 is 5.73 Å². The molecular formula is C19H23Cl3N2O4S. The Kier molecular flexibility index (Phi) is 9.88. The molecule has 0 unspecified atom stereocenters. The number of hydrogen-bond acceptors (Lipinski definition) is 6. The molecule has 0 aliphatic carbocycles. The van der Waals surface area contributed by atoms with Gasteiger partial charge < -0.3 is 15.6 Å². The maximum atomic E-state index is 13.0. The fourth-order valence-electron chi connectivity index (χ4n) is 3.18. The lowest BCUT2D eigenvalue weighted by Crippen LogP contribution is -2.45. The molecule has 3 rings (SSSR count). The van der Waals surface area contributed by atoms with Crippen LogP contribution in [0.5, 0.6) is 0 Å². The SMILES string of the molecule is C[C@@H](OC(=O)[C@H](c1ccccc1Cl)N1CCc2sccc2C1)[C@H](N)C(=O)O.Cl.Cl. The fourth-order valence-corrected chi connectivity index (χ4v) is 4.31. The number of carboxylic acid groups (broad SMARTS) is 1. The minimum atomic E-state index is -1.29. The van der Waals surface area contributed by atoms with Gasteiger partial charge in [-0.15, -0.1) is 36.2 Å². The number of fused-ring (bicyclic) bond motifs is 1. The molecule has 0 amide bonds. The molecule has 1 aliphatic heterocycles. The second-order valence-electron chi connectivity index (χ2n) is 6.52. The second-order valence-corrected chi connectivity index (χ2v) is 7.93. The van der Waals surface area contributed by atoms with Crippen LogP contribution in [0.2, 0.25) is 5.02 Å². The molecule has 0 saturated carbocycles. The first kappa shape index (κ1) is 25.7. The van der Waals surface area contributed by atoms with Crippen LogP contribution in [0, 0.1) is 0 Å². The van der Waals surface area contributed by atoms with Gasteiger partial charge in [-0.1, -0.05) is 29.8 Å². The van der Waals surface area contributed by atoms with E-state index in [1.165, 1.54) is 17.4 Å². The van der Waals surface area contributed by atoms with E-state index in [4.69, 9.17) is 27.2 Å². The van der Waals surface area contributed by atoms with Crippen LogP contribution in [-0.4, -0.2) is 40.6 Å². The highest BCUT2D eigenvalue weighted by molar-refractivity contribution is 7.10. The van der Waals surface area contributed by atoms with Crippen molar-refractivity contribution in [2.75, 3.05) is 6.54 Å². The number of nitrogens with zero attached hydrogens (tertiary/aromatic N) is 1.